The first-order chi connectivity index (χ1) is 14.5. The van der Waals surface area contributed by atoms with Gasteiger partial charge in [-0.15, -0.1) is 0 Å². The van der Waals surface area contributed by atoms with Crippen LogP contribution in [0.1, 0.15) is 6.92 Å². The van der Waals surface area contributed by atoms with Crippen molar-refractivity contribution in [1.82, 2.24) is 0 Å². The molecule has 4 rings (SSSR count). The molecule has 2 amide bonds. The van der Waals surface area contributed by atoms with Crippen molar-refractivity contribution in [2.24, 2.45) is 11.0 Å². The lowest BCUT2D eigenvalue weighted by Crippen LogP contribution is -2.39. The number of hydrazone groups is 1. The standard InChI is InChI=1S/C21H18ClN3O5/c1-3-30-21(28)17-16-18(25(23-17)13-8-6-7-12(22)11-13)20(27)24(19(16)26)14-9-4-5-10-15(14)29-2/h4-11,16,18H,3H2,1-2H3/t16-,18-/m1/s1. The Hall–Kier alpha value is -3.39. The van der Waals surface area contributed by atoms with Crippen LogP contribution >= 0.6 is 11.6 Å². The van der Waals surface area contributed by atoms with Gasteiger partial charge in [0.15, 0.2) is 5.71 Å². The summed E-state index contributed by atoms with van der Waals surface area (Å²) in [7, 11) is 1.45. The van der Waals surface area contributed by atoms with E-state index in [-0.39, 0.29) is 12.3 Å². The maximum Gasteiger partial charge on any atom is 0.355 e. The summed E-state index contributed by atoms with van der Waals surface area (Å²) in [6.07, 6.45) is 0. The molecule has 0 saturated carbocycles. The Morgan fingerprint density at radius 1 is 1.13 bits per heavy atom. The van der Waals surface area contributed by atoms with Crippen LogP contribution in [0, 0.1) is 5.92 Å². The van der Waals surface area contributed by atoms with Gasteiger partial charge in [-0.3, -0.25) is 14.6 Å². The highest BCUT2D eigenvalue weighted by atomic mass is 35.5. The minimum atomic E-state index is -1.10. The summed E-state index contributed by atoms with van der Waals surface area (Å²) in [5, 5.41) is 6.08. The van der Waals surface area contributed by atoms with Crippen LogP contribution < -0.4 is 14.6 Å². The second-order valence-electron chi connectivity index (χ2n) is 6.64. The summed E-state index contributed by atoms with van der Waals surface area (Å²) in [4.78, 5) is 40.3. The summed E-state index contributed by atoms with van der Waals surface area (Å²) < 4.78 is 10.4. The van der Waals surface area contributed by atoms with Crippen LogP contribution in [0.4, 0.5) is 11.4 Å². The summed E-state index contributed by atoms with van der Waals surface area (Å²) in [6.45, 7) is 1.77. The van der Waals surface area contributed by atoms with E-state index in [1.165, 1.54) is 12.1 Å². The van der Waals surface area contributed by atoms with E-state index < -0.39 is 29.7 Å². The van der Waals surface area contributed by atoms with E-state index in [9.17, 15) is 14.4 Å². The van der Waals surface area contributed by atoms with Gasteiger partial charge in [0.25, 0.3) is 5.91 Å². The average Bonchev–Trinajstić information content (AvgIpc) is 3.25. The molecule has 154 valence electrons. The molecule has 0 aliphatic carbocycles. The molecule has 0 bridgehead atoms. The predicted octanol–water partition coefficient (Wildman–Crippen LogP) is 2.65. The molecule has 0 spiro atoms. The Balaban J connectivity index is 1.82. The van der Waals surface area contributed by atoms with Crippen LogP contribution in [0.25, 0.3) is 0 Å². The maximum absolute atomic E-state index is 13.4. The molecule has 2 atom stereocenters. The number of halogens is 1. The van der Waals surface area contributed by atoms with Crippen molar-refractivity contribution < 1.29 is 23.9 Å². The van der Waals surface area contributed by atoms with Crippen LogP contribution in [0.2, 0.25) is 5.02 Å². The monoisotopic (exact) mass is 427 g/mol. The number of imide groups is 1. The number of ether oxygens (including phenoxy) is 2. The molecular formula is C21H18ClN3O5. The van der Waals surface area contributed by atoms with Gasteiger partial charge in [-0.1, -0.05) is 29.8 Å². The number of rotatable bonds is 5. The van der Waals surface area contributed by atoms with Crippen LogP contribution in [0.5, 0.6) is 5.75 Å². The lowest BCUT2D eigenvalue weighted by atomic mass is 9.98. The summed E-state index contributed by atoms with van der Waals surface area (Å²) in [6, 6.07) is 12.4. The lowest BCUT2D eigenvalue weighted by molar-refractivity contribution is -0.136. The third-order valence-corrected chi connectivity index (χ3v) is 5.17. The Kier molecular flexibility index (Phi) is 5.17. The van der Waals surface area contributed by atoms with Crippen molar-refractivity contribution in [3.8, 4) is 5.75 Å². The van der Waals surface area contributed by atoms with E-state index in [0.717, 1.165) is 4.90 Å². The van der Waals surface area contributed by atoms with Crippen molar-refractivity contribution in [1.29, 1.82) is 0 Å². The molecule has 1 fully saturated rings. The predicted molar refractivity (Wildman–Crippen MR) is 111 cm³/mol. The zero-order valence-corrected chi connectivity index (χ0v) is 17.0. The van der Waals surface area contributed by atoms with E-state index in [4.69, 9.17) is 21.1 Å². The first-order valence-corrected chi connectivity index (χ1v) is 9.67. The van der Waals surface area contributed by atoms with Crippen molar-refractivity contribution in [3.63, 3.8) is 0 Å². The largest absolute Gasteiger partial charge is 0.495 e. The molecule has 2 aliphatic heterocycles. The number of anilines is 2. The van der Waals surface area contributed by atoms with Crippen LogP contribution in [0.3, 0.4) is 0 Å². The lowest BCUT2D eigenvalue weighted by Gasteiger charge is -2.23. The topological polar surface area (TPSA) is 88.5 Å². The maximum atomic E-state index is 13.4. The van der Waals surface area contributed by atoms with Gasteiger partial charge < -0.3 is 9.47 Å². The number of fused-ring (bicyclic) bond motifs is 1. The third-order valence-electron chi connectivity index (χ3n) is 4.93. The summed E-state index contributed by atoms with van der Waals surface area (Å²) >= 11 is 6.10. The van der Waals surface area contributed by atoms with Gasteiger partial charge in [0, 0.05) is 5.02 Å². The Morgan fingerprint density at radius 3 is 2.60 bits per heavy atom. The first kappa shape index (κ1) is 19.9. The van der Waals surface area contributed by atoms with Crippen molar-refractivity contribution in [2.75, 3.05) is 23.6 Å². The second kappa shape index (κ2) is 7.79. The number of carbonyl (C=O) groups excluding carboxylic acids is 3. The third kappa shape index (κ3) is 3.09. The fourth-order valence-corrected chi connectivity index (χ4v) is 3.86. The summed E-state index contributed by atoms with van der Waals surface area (Å²) in [5.41, 5.74) is 0.677. The normalized spacial score (nSPS) is 20.3. The van der Waals surface area contributed by atoms with E-state index in [2.05, 4.69) is 5.10 Å². The fraction of sp³-hybridized carbons (Fsp3) is 0.238. The van der Waals surface area contributed by atoms with Crippen molar-refractivity contribution in [2.45, 2.75) is 13.0 Å². The number of amides is 2. The number of methoxy groups -OCH3 is 1. The van der Waals surface area contributed by atoms with E-state index in [1.54, 1.807) is 55.5 Å². The molecule has 2 aliphatic rings. The van der Waals surface area contributed by atoms with E-state index in [1.807, 2.05) is 0 Å². The quantitative estimate of drug-likeness (QED) is 0.538. The molecule has 2 aromatic rings. The molecule has 1 saturated heterocycles. The summed E-state index contributed by atoms with van der Waals surface area (Å²) in [5.74, 6) is -2.55. The first-order valence-electron chi connectivity index (χ1n) is 9.29. The number of benzene rings is 2. The van der Waals surface area contributed by atoms with E-state index >= 15 is 0 Å². The zero-order chi connectivity index (χ0) is 21.4. The van der Waals surface area contributed by atoms with Gasteiger partial charge >= 0.3 is 5.97 Å². The highest BCUT2D eigenvalue weighted by Gasteiger charge is 2.59. The molecule has 8 nitrogen and oxygen atoms in total. The van der Waals surface area contributed by atoms with Gasteiger partial charge in [-0.25, -0.2) is 9.69 Å². The Bertz CT molecular complexity index is 1070. The van der Waals surface area contributed by atoms with Crippen LogP contribution in [-0.2, 0) is 19.1 Å². The fourth-order valence-electron chi connectivity index (χ4n) is 3.67. The number of esters is 1. The van der Waals surface area contributed by atoms with E-state index in [0.29, 0.717) is 22.1 Å². The number of hydrogen-bond acceptors (Lipinski definition) is 7. The van der Waals surface area contributed by atoms with Gasteiger partial charge in [0.1, 0.15) is 17.7 Å². The number of nitrogens with zero attached hydrogens (tertiary/aromatic N) is 3. The minimum Gasteiger partial charge on any atom is -0.495 e. The van der Waals surface area contributed by atoms with Crippen LogP contribution in [-0.4, -0.2) is 43.3 Å². The van der Waals surface area contributed by atoms with Crippen LogP contribution in [0.15, 0.2) is 53.6 Å². The van der Waals surface area contributed by atoms with Gasteiger partial charge in [-0.2, -0.15) is 5.10 Å². The number of hydrogen-bond donors (Lipinski definition) is 0. The average molecular weight is 428 g/mol. The molecule has 0 radical (unpaired) electrons. The van der Waals surface area contributed by atoms with Crippen molar-refractivity contribution >= 4 is 46.5 Å². The number of para-hydroxylation sites is 2. The highest BCUT2D eigenvalue weighted by Crippen LogP contribution is 2.40. The van der Waals surface area contributed by atoms with Crippen molar-refractivity contribution in [3.05, 3.63) is 53.6 Å². The SMILES string of the molecule is CCOC(=O)C1=NN(c2cccc(Cl)c2)[C@H]2C(=O)N(c3ccccc3OC)C(=O)[C@H]12. The van der Waals surface area contributed by atoms with Gasteiger partial charge in [0.05, 0.1) is 25.1 Å². The minimum absolute atomic E-state index is 0.113. The molecule has 2 heterocycles. The zero-order valence-electron chi connectivity index (χ0n) is 16.2. The Morgan fingerprint density at radius 2 is 1.90 bits per heavy atom. The Labute approximate surface area is 177 Å². The van der Waals surface area contributed by atoms with Gasteiger partial charge in [-0.05, 0) is 37.3 Å². The molecule has 0 aromatic heterocycles. The van der Waals surface area contributed by atoms with Gasteiger partial charge in [0.2, 0.25) is 5.91 Å². The molecule has 2 aromatic carbocycles. The number of carbonyl (C=O) groups is 3. The molecule has 30 heavy (non-hydrogen) atoms. The molecule has 0 unspecified atom stereocenters. The molecule has 9 heteroatoms. The smallest absolute Gasteiger partial charge is 0.355 e. The highest BCUT2D eigenvalue weighted by molar-refractivity contribution is 6.47. The molecular weight excluding hydrogens is 410 g/mol. The molecule has 0 N–H and O–H groups in total. The second-order valence-corrected chi connectivity index (χ2v) is 7.07.